The number of nitrogens with zero attached hydrogens (tertiary/aromatic N) is 1. The summed E-state index contributed by atoms with van der Waals surface area (Å²) >= 11 is 0. The number of likely N-dealkylation sites (tertiary alicyclic amines) is 1. The van der Waals surface area contributed by atoms with Gasteiger partial charge in [0.1, 0.15) is 12.7 Å². The first kappa shape index (κ1) is 15.2. The van der Waals surface area contributed by atoms with E-state index in [1.54, 1.807) is 0 Å². The predicted molar refractivity (Wildman–Crippen MR) is 83.9 cm³/mol. The van der Waals surface area contributed by atoms with Crippen molar-refractivity contribution in [3.05, 3.63) is 24.3 Å². The van der Waals surface area contributed by atoms with E-state index in [-0.39, 0.29) is 18.1 Å². The van der Waals surface area contributed by atoms with Crippen LogP contribution in [0.4, 0.5) is 0 Å². The van der Waals surface area contributed by atoms with Crippen molar-refractivity contribution in [1.29, 1.82) is 0 Å². The maximum absolute atomic E-state index is 12.4. The van der Waals surface area contributed by atoms with E-state index in [9.17, 15) is 4.79 Å². The van der Waals surface area contributed by atoms with Crippen molar-refractivity contribution in [1.82, 2.24) is 4.90 Å². The van der Waals surface area contributed by atoms with Crippen molar-refractivity contribution in [3.63, 3.8) is 0 Å². The highest BCUT2D eigenvalue weighted by molar-refractivity contribution is 5.77. The molecule has 1 aromatic rings. The number of piperidine rings is 1. The number of carbonyl (C=O) groups excluding carboxylic acids is 1. The maximum Gasteiger partial charge on any atom is 0.226 e. The molecule has 0 aliphatic carbocycles. The maximum atomic E-state index is 12.4. The number of fused-ring (bicyclic) bond motifs is 1. The second kappa shape index (κ2) is 6.57. The number of amides is 1. The molecule has 2 heterocycles. The average molecular weight is 304 g/mol. The second-order valence-corrected chi connectivity index (χ2v) is 6.28. The van der Waals surface area contributed by atoms with Crippen molar-refractivity contribution in [2.24, 2.45) is 11.7 Å². The zero-order valence-corrected chi connectivity index (χ0v) is 13.0. The Morgan fingerprint density at radius 2 is 2.00 bits per heavy atom. The molecule has 0 spiro atoms. The summed E-state index contributed by atoms with van der Waals surface area (Å²) in [5.41, 5.74) is 5.94. The lowest BCUT2D eigenvalue weighted by Crippen LogP contribution is -2.44. The molecule has 0 bridgehead atoms. The van der Waals surface area contributed by atoms with Gasteiger partial charge in [0, 0.05) is 19.1 Å². The predicted octanol–water partition coefficient (Wildman–Crippen LogP) is 1.80. The van der Waals surface area contributed by atoms with Crippen LogP contribution in [-0.4, -0.2) is 42.6 Å². The Hall–Kier alpha value is -1.75. The van der Waals surface area contributed by atoms with Crippen LogP contribution in [0.25, 0.3) is 0 Å². The van der Waals surface area contributed by atoms with Crippen LogP contribution in [0.15, 0.2) is 24.3 Å². The molecule has 3 rings (SSSR count). The molecule has 2 unspecified atom stereocenters. The molecule has 5 nitrogen and oxygen atoms in total. The van der Waals surface area contributed by atoms with Gasteiger partial charge in [0.25, 0.3) is 0 Å². The van der Waals surface area contributed by atoms with Gasteiger partial charge in [-0.1, -0.05) is 12.1 Å². The van der Waals surface area contributed by atoms with Crippen LogP contribution in [-0.2, 0) is 4.79 Å². The molecule has 5 heteroatoms. The normalized spacial score (nSPS) is 23.2. The molecule has 2 aliphatic rings. The molecule has 22 heavy (non-hydrogen) atoms. The van der Waals surface area contributed by atoms with Crippen LogP contribution in [0.1, 0.15) is 26.2 Å². The Kier molecular flexibility index (Phi) is 4.52. The van der Waals surface area contributed by atoms with Crippen LogP contribution < -0.4 is 15.2 Å². The molecular weight excluding hydrogens is 280 g/mol. The van der Waals surface area contributed by atoms with Crippen molar-refractivity contribution in [3.8, 4) is 11.5 Å². The molecule has 1 amide bonds. The van der Waals surface area contributed by atoms with Crippen LogP contribution in [0.3, 0.4) is 0 Å². The molecule has 0 saturated carbocycles. The Morgan fingerprint density at radius 3 is 2.68 bits per heavy atom. The molecule has 1 aromatic carbocycles. The third-order valence-electron chi connectivity index (χ3n) is 4.61. The lowest BCUT2D eigenvalue weighted by molar-refractivity contribution is -0.135. The van der Waals surface area contributed by atoms with E-state index < -0.39 is 0 Å². The van der Waals surface area contributed by atoms with E-state index in [0.29, 0.717) is 18.9 Å². The first-order valence-corrected chi connectivity index (χ1v) is 8.05. The molecule has 2 N–H and O–H groups in total. The van der Waals surface area contributed by atoms with Crippen LogP contribution in [0.5, 0.6) is 11.5 Å². The van der Waals surface area contributed by atoms with Gasteiger partial charge >= 0.3 is 0 Å². The zero-order chi connectivity index (χ0) is 15.5. The summed E-state index contributed by atoms with van der Waals surface area (Å²) in [5, 5.41) is 0. The molecular formula is C17H24N2O3. The number of benzene rings is 1. The third-order valence-corrected chi connectivity index (χ3v) is 4.61. The zero-order valence-electron chi connectivity index (χ0n) is 13.0. The fourth-order valence-electron chi connectivity index (χ4n) is 3.16. The standard InChI is InChI=1S/C17H24N2O3/c1-12(18)13-6-8-19(9-7-13)17(20)10-14-11-21-15-4-2-3-5-16(15)22-14/h2-5,12-14H,6-11,18H2,1H3. The van der Waals surface area contributed by atoms with E-state index in [2.05, 4.69) is 0 Å². The van der Waals surface area contributed by atoms with E-state index in [1.165, 1.54) is 0 Å². The van der Waals surface area contributed by atoms with Gasteiger partial charge in [0.05, 0.1) is 6.42 Å². The topological polar surface area (TPSA) is 64.8 Å². The number of nitrogens with two attached hydrogens (primary N) is 1. The van der Waals surface area contributed by atoms with E-state index >= 15 is 0 Å². The largest absolute Gasteiger partial charge is 0.486 e. The highest BCUT2D eigenvalue weighted by Crippen LogP contribution is 2.31. The Morgan fingerprint density at radius 1 is 1.32 bits per heavy atom. The molecule has 120 valence electrons. The molecule has 2 aliphatic heterocycles. The summed E-state index contributed by atoms with van der Waals surface area (Å²) in [4.78, 5) is 14.3. The minimum absolute atomic E-state index is 0.149. The summed E-state index contributed by atoms with van der Waals surface area (Å²) in [7, 11) is 0. The van der Waals surface area contributed by atoms with Crippen molar-refractivity contribution in [2.45, 2.75) is 38.3 Å². The monoisotopic (exact) mass is 304 g/mol. The summed E-state index contributed by atoms with van der Waals surface area (Å²) in [6, 6.07) is 7.79. The number of rotatable bonds is 3. The Balaban J connectivity index is 1.51. The fraction of sp³-hybridized carbons (Fsp3) is 0.588. The number of hydrogen-bond donors (Lipinski definition) is 1. The number of para-hydroxylation sites is 2. The smallest absolute Gasteiger partial charge is 0.226 e. The molecule has 0 aromatic heterocycles. The van der Waals surface area contributed by atoms with E-state index in [4.69, 9.17) is 15.2 Å². The van der Waals surface area contributed by atoms with Crippen LogP contribution in [0, 0.1) is 5.92 Å². The van der Waals surface area contributed by atoms with Gasteiger partial charge in [-0.05, 0) is 37.8 Å². The van der Waals surface area contributed by atoms with Crippen molar-refractivity contribution < 1.29 is 14.3 Å². The summed E-state index contributed by atoms with van der Waals surface area (Å²) in [6.07, 6.45) is 2.16. The van der Waals surface area contributed by atoms with Gasteiger partial charge in [-0.3, -0.25) is 4.79 Å². The van der Waals surface area contributed by atoms with Crippen LogP contribution in [0.2, 0.25) is 0 Å². The first-order chi connectivity index (χ1) is 10.6. The van der Waals surface area contributed by atoms with Gasteiger partial charge in [-0.25, -0.2) is 0 Å². The molecule has 2 atom stereocenters. The highest BCUT2D eigenvalue weighted by atomic mass is 16.6. The summed E-state index contributed by atoms with van der Waals surface area (Å²) < 4.78 is 11.5. The molecule has 0 radical (unpaired) electrons. The van der Waals surface area contributed by atoms with Crippen molar-refractivity contribution >= 4 is 5.91 Å². The van der Waals surface area contributed by atoms with E-state index in [0.717, 1.165) is 37.4 Å². The van der Waals surface area contributed by atoms with Crippen molar-refractivity contribution in [2.75, 3.05) is 19.7 Å². The summed E-state index contributed by atoms with van der Waals surface area (Å²) in [6.45, 7) is 4.08. The average Bonchev–Trinajstić information content (AvgIpc) is 2.55. The third kappa shape index (κ3) is 3.35. The SMILES string of the molecule is CC(N)C1CCN(C(=O)CC2COc3ccccc3O2)CC1. The summed E-state index contributed by atoms with van der Waals surface area (Å²) in [5.74, 6) is 2.16. The second-order valence-electron chi connectivity index (χ2n) is 6.28. The van der Waals surface area contributed by atoms with Gasteiger partial charge in [0.15, 0.2) is 11.5 Å². The van der Waals surface area contributed by atoms with Gasteiger partial charge in [-0.2, -0.15) is 0 Å². The number of hydrogen-bond acceptors (Lipinski definition) is 4. The van der Waals surface area contributed by atoms with Gasteiger partial charge < -0.3 is 20.1 Å². The molecule has 1 fully saturated rings. The number of ether oxygens (including phenoxy) is 2. The minimum atomic E-state index is -0.200. The van der Waals surface area contributed by atoms with Crippen LogP contribution >= 0.6 is 0 Å². The van der Waals surface area contributed by atoms with E-state index in [1.807, 2.05) is 36.1 Å². The number of carbonyl (C=O) groups is 1. The first-order valence-electron chi connectivity index (χ1n) is 8.05. The Labute approximate surface area is 131 Å². The lowest BCUT2D eigenvalue weighted by atomic mass is 9.91. The Bertz CT molecular complexity index is 524. The lowest BCUT2D eigenvalue weighted by Gasteiger charge is -2.35. The quantitative estimate of drug-likeness (QED) is 0.925. The fourth-order valence-corrected chi connectivity index (χ4v) is 3.16. The highest BCUT2D eigenvalue weighted by Gasteiger charge is 2.28. The molecule has 1 saturated heterocycles. The minimum Gasteiger partial charge on any atom is -0.486 e. The van der Waals surface area contributed by atoms with Gasteiger partial charge in [0.2, 0.25) is 5.91 Å². The van der Waals surface area contributed by atoms with Gasteiger partial charge in [-0.15, -0.1) is 0 Å².